The third-order valence-electron chi connectivity index (χ3n) is 4.00. The molecule has 0 atom stereocenters. The number of carbonyl (C=O) groups excluding carboxylic acids is 1. The molecule has 2 aromatic heterocycles. The molecule has 1 N–H and O–H groups in total. The van der Waals surface area contributed by atoms with E-state index < -0.39 is 0 Å². The molecule has 0 fully saturated rings. The van der Waals surface area contributed by atoms with Crippen molar-refractivity contribution in [1.29, 1.82) is 0 Å². The average Bonchev–Trinajstić information content (AvgIpc) is 3.10. The fourth-order valence-electron chi connectivity index (χ4n) is 2.46. The summed E-state index contributed by atoms with van der Waals surface area (Å²) < 4.78 is 0. The van der Waals surface area contributed by atoms with Gasteiger partial charge >= 0.3 is 0 Å². The largest absolute Gasteiger partial charge is 0.296 e. The van der Waals surface area contributed by atoms with Crippen LogP contribution in [0.3, 0.4) is 0 Å². The van der Waals surface area contributed by atoms with E-state index in [0.29, 0.717) is 15.7 Å². The Hall–Kier alpha value is -2.25. The van der Waals surface area contributed by atoms with Crippen molar-refractivity contribution in [1.82, 2.24) is 15.2 Å². The van der Waals surface area contributed by atoms with Crippen molar-refractivity contribution in [3.05, 3.63) is 58.2 Å². The summed E-state index contributed by atoms with van der Waals surface area (Å²) in [6, 6.07) is 9.83. The van der Waals surface area contributed by atoms with E-state index in [9.17, 15) is 4.79 Å². The van der Waals surface area contributed by atoms with Crippen molar-refractivity contribution in [3.63, 3.8) is 0 Å². The van der Waals surface area contributed by atoms with E-state index in [4.69, 9.17) is 0 Å². The Morgan fingerprint density at radius 2 is 2.07 bits per heavy atom. The fourth-order valence-corrected chi connectivity index (χ4v) is 4.31. The van der Waals surface area contributed by atoms with Crippen LogP contribution in [0.1, 0.15) is 46.3 Å². The molecule has 0 aliphatic carbocycles. The van der Waals surface area contributed by atoms with Crippen molar-refractivity contribution < 1.29 is 4.79 Å². The lowest BCUT2D eigenvalue weighted by Gasteiger charge is -2.10. The van der Waals surface area contributed by atoms with E-state index in [1.807, 2.05) is 0 Å². The van der Waals surface area contributed by atoms with Gasteiger partial charge in [0.1, 0.15) is 10.0 Å². The summed E-state index contributed by atoms with van der Waals surface area (Å²) in [5, 5.41) is 13.2. The van der Waals surface area contributed by atoms with Crippen molar-refractivity contribution in [2.24, 2.45) is 0 Å². The number of hydrogen-bond donors (Lipinski definition) is 1. The maximum Gasteiger partial charge on any atom is 0.260 e. The molecule has 3 aromatic rings. The molecule has 1 aromatic carbocycles. The Kier molecular flexibility index (Phi) is 6.58. The van der Waals surface area contributed by atoms with Crippen LogP contribution in [0.5, 0.6) is 0 Å². The zero-order valence-corrected chi connectivity index (χ0v) is 17.3. The van der Waals surface area contributed by atoms with Crippen LogP contribution >= 0.6 is 23.1 Å². The molecular formula is C20H22N4OS2. The molecule has 27 heavy (non-hydrogen) atoms. The summed E-state index contributed by atoms with van der Waals surface area (Å²) in [5.74, 6) is -0.214. The maximum atomic E-state index is 12.8. The van der Waals surface area contributed by atoms with Crippen molar-refractivity contribution >= 4 is 34.1 Å². The van der Waals surface area contributed by atoms with Gasteiger partial charge in [-0.15, -0.1) is 10.2 Å². The summed E-state index contributed by atoms with van der Waals surface area (Å²) in [5.41, 5.74) is 2.87. The topological polar surface area (TPSA) is 67.8 Å². The Morgan fingerprint density at radius 3 is 2.89 bits per heavy atom. The second-order valence-electron chi connectivity index (χ2n) is 6.29. The third kappa shape index (κ3) is 5.14. The smallest absolute Gasteiger partial charge is 0.260 e. The lowest BCUT2D eigenvalue weighted by molar-refractivity contribution is 0.102. The van der Waals surface area contributed by atoms with Gasteiger partial charge in [-0.1, -0.05) is 48.6 Å². The van der Waals surface area contributed by atoms with Gasteiger partial charge in [0.15, 0.2) is 0 Å². The normalized spacial score (nSPS) is 10.8. The van der Waals surface area contributed by atoms with Gasteiger partial charge in [0, 0.05) is 17.5 Å². The van der Waals surface area contributed by atoms with Gasteiger partial charge in [0.25, 0.3) is 5.91 Å². The number of pyridine rings is 1. The Labute approximate surface area is 167 Å². The highest BCUT2D eigenvalue weighted by molar-refractivity contribution is 7.99. The van der Waals surface area contributed by atoms with Gasteiger partial charge in [-0.25, -0.2) is 4.98 Å². The molecule has 1 amide bonds. The highest BCUT2D eigenvalue weighted by Gasteiger charge is 2.16. The minimum atomic E-state index is -0.214. The molecule has 3 rings (SSSR count). The zero-order chi connectivity index (χ0) is 19.2. The van der Waals surface area contributed by atoms with E-state index in [-0.39, 0.29) is 5.91 Å². The predicted octanol–water partition coefficient (Wildman–Crippen LogP) is 5.30. The van der Waals surface area contributed by atoms with Crippen LogP contribution < -0.4 is 5.32 Å². The SMILES string of the molecule is CCCCc1nnc(NC(=O)c2cccnc2Sc2cc(C)ccc2C)s1. The van der Waals surface area contributed by atoms with Gasteiger partial charge in [-0.3, -0.25) is 10.1 Å². The van der Waals surface area contributed by atoms with Crippen LogP contribution in [0.2, 0.25) is 0 Å². The van der Waals surface area contributed by atoms with Gasteiger partial charge in [0.05, 0.1) is 5.56 Å². The first kappa shape index (κ1) is 19.5. The average molecular weight is 399 g/mol. The Morgan fingerprint density at radius 1 is 1.22 bits per heavy atom. The standard InChI is InChI=1S/C20H22N4OS2/c1-4-5-8-17-23-24-20(27-17)22-18(25)15-7-6-11-21-19(15)26-16-12-13(2)9-10-14(16)3/h6-7,9-12H,4-5,8H2,1-3H3,(H,22,24,25). The zero-order valence-electron chi connectivity index (χ0n) is 15.7. The van der Waals surface area contributed by atoms with Gasteiger partial charge in [-0.05, 0) is 49.6 Å². The van der Waals surface area contributed by atoms with E-state index in [2.05, 4.69) is 59.5 Å². The van der Waals surface area contributed by atoms with Crippen LogP contribution in [-0.2, 0) is 6.42 Å². The summed E-state index contributed by atoms with van der Waals surface area (Å²) in [4.78, 5) is 18.3. The first-order chi connectivity index (χ1) is 13.1. The molecule has 2 heterocycles. The fraction of sp³-hybridized carbons (Fsp3) is 0.300. The molecule has 0 spiro atoms. The number of rotatable bonds is 7. The van der Waals surface area contributed by atoms with Crippen LogP contribution in [0.4, 0.5) is 5.13 Å². The lowest BCUT2D eigenvalue weighted by atomic mass is 10.2. The van der Waals surface area contributed by atoms with Gasteiger partial charge in [0.2, 0.25) is 5.13 Å². The van der Waals surface area contributed by atoms with Crippen LogP contribution in [0.25, 0.3) is 0 Å². The number of hydrogen-bond acceptors (Lipinski definition) is 6. The van der Waals surface area contributed by atoms with Crippen LogP contribution in [0.15, 0.2) is 46.5 Å². The van der Waals surface area contributed by atoms with Crippen LogP contribution in [0, 0.1) is 13.8 Å². The molecule has 7 heteroatoms. The van der Waals surface area contributed by atoms with Gasteiger partial charge in [-0.2, -0.15) is 0 Å². The van der Waals surface area contributed by atoms with E-state index >= 15 is 0 Å². The molecular weight excluding hydrogens is 376 g/mol. The molecule has 0 saturated carbocycles. The van der Waals surface area contributed by atoms with Crippen molar-refractivity contribution in [2.45, 2.75) is 50.0 Å². The molecule has 0 radical (unpaired) electrons. The predicted molar refractivity (Wildman–Crippen MR) is 111 cm³/mol. The van der Waals surface area contributed by atoms with E-state index in [1.54, 1.807) is 18.3 Å². The van der Waals surface area contributed by atoms with Gasteiger partial charge < -0.3 is 0 Å². The number of nitrogens with zero attached hydrogens (tertiary/aromatic N) is 3. The number of aromatic nitrogens is 3. The monoisotopic (exact) mass is 398 g/mol. The first-order valence-corrected chi connectivity index (χ1v) is 10.5. The quantitative estimate of drug-likeness (QED) is 0.585. The summed E-state index contributed by atoms with van der Waals surface area (Å²) in [7, 11) is 0. The lowest BCUT2D eigenvalue weighted by Crippen LogP contribution is -2.13. The summed E-state index contributed by atoms with van der Waals surface area (Å²) in [6.07, 6.45) is 4.78. The number of unbranched alkanes of at least 4 members (excludes halogenated alkanes) is 1. The number of aryl methyl sites for hydroxylation is 3. The van der Waals surface area contributed by atoms with Crippen LogP contribution in [-0.4, -0.2) is 21.1 Å². The first-order valence-electron chi connectivity index (χ1n) is 8.90. The number of amides is 1. The minimum absolute atomic E-state index is 0.214. The molecule has 0 aliphatic heterocycles. The molecule has 0 bridgehead atoms. The summed E-state index contributed by atoms with van der Waals surface area (Å²) in [6.45, 7) is 6.26. The highest BCUT2D eigenvalue weighted by Crippen LogP contribution is 2.32. The second-order valence-corrected chi connectivity index (χ2v) is 8.38. The molecule has 0 unspecified atom stereocenters. The van der Waals surface area contributed by atoms with E-state index in [0.717, 1.165) is 34.7 Å². The number of carbonyl (C=O) groups is 1. The second kappa shape index (κ2) is 9.10. The number of nitrogens with one attached hydrogen (secondary N) is 1. The Balaban J connectivity index is 1.77. The van der Waals surface area contributed by atoms with Crippen molar-refractivity contribution in [2.75, 3.05) is 5.32 Å². The Bertz CT molecular complexity index is 939. The molecule has 5 nitrogen and oxygen atoms in total. The van der Waals surface area contributed by atoms with E-state index in [1.165, 1.54) is 28.7 Å². The number of benzene rings is 1. The number of anilines is 1. The summed E-state index contributed by atoms with van der Waals surface area (Å²) >= 11 is 2.93. The minimum Gasteiger partial charge on any atom is -0.296 e. The highest BCUT2D eigenvalue weighted by atomic mass is 32.2. The van der Waals surface area contributed by atoms with Crippen molar-refractivity contribution in [3.8, 4) is 0 Å². The molecule has 0 saturated heterocycles. The third-order valence-corrected chi connectivity index (χ3v) is 6.07. The maximum absolute atomic E-state index is 12.8. The molecule has 140 valence electrons. The molecule has 0 aliphatic rings.